The molecule has 13 rings (SSSR count). The van der Waals surface area contributed by atoms with Crippen molar-refractivity contribution < 1.29 is 0 Å². The summed E-state index contributed by atoms with van der Waals surface area (Å²) in [5.74, 6) is 0.438. The number of nitrogens with zero attached hydrogens (tertiary/aromatic N) is 1. The van der Waals surface area contributed by atoms with Crippen LogP contribution < -0.4 is 4.90 Å². The Morgan fingerprint density at radius 3 is 1.85 bits per heavy atom. The lowest BCUT2D eigenvalue weighted by atomic mass is 9.64. The highest BCUT2D eigenvalue weighted by Gasteiger charge is 2.58. The van der Waals surface area contributed by atoms with Crippen LogP contribution in [0, 0.1) is 5.92 Å². The van der Waals surface area contributed by atoms with Crippen LogP contribution in [0.25, 0.3) is 61.2 Å². The van der Waals surface area contributed by atoms with Gasteiger partial charge in [0.2, 0.25) is 0 Å². The highest BCUT2D eigenvalue weighted by Crippen LogP contribution is 2.67. The summed E-state index contributed by atoms with van der Waals surface area (Å²) in [6.07, 6.45) is 15.3. The zero-order valence-corrected chi connectivity index (χ0v) is 40.2. The van der Waals surface area contributed by atoms with Gasteiger partial charge in [-0.3, -0.25) is 0 Å². The van der Waals surface area contributed by atoms with Gasteiger partial charge in [-0.05, 0) is 125 Å². The maximum absolute atomic E-state index is 4.26. The van der Waals surface area contributed by atoms with E-state index in [1.807, 2.05) is 12.2 Å². The third-order valence-corrected chi connectivity index (χ3v) is 16.1. The Bertz CT molecular complexity index is 3710. The van der Waals surface area contributed by atoms with Crippen LogP contribution >= 0.6 is 0 Å². The Kier molecular flexibility index (Phi) is 9.94. The molecule has 71 heavy (non-hydrogen) atoms. The number of hydrogen-bond donors (Lipinski definition) is 0. The molecule has 338 valence electrons. The maximum atomic E-state index is 4.26. The molecule has 9 aromatic carbocycles. The summed E-state index contributed by atoms with van der Waals surface area (Å²) in [6, 6.07) is 77.1. The van der Waals surface area contributed by atoms with Gasteiger partial charge < -0.3 is 4.90 Å². The van der Waals surface area contributed by atoms with Crippen LogP contribution in [-0.4, -0.2) is 0 Å². The van der Waals surface area contributed by atoms with Crippen molar-refractivity contribution in [2.24, 2.45) is 5.92 Å². The van der Waals surface area contributed by atoms with E-state index in [0.717, 1.165) is 28.2 Å². The summed E-state index contributed by atoms with van der Waals surface area (Å²) >= 11 is 0. The van der Waals surface area contributed by atoms with Crippen LogP contribution in [0.1, 0.15) is 58.7 Å². The summed E-state index contributed by atoms with van der Waals surface area (Å²) in [6.45, 7) is 13.1. The number of rotatable bonds is 9. The SMILES string of the molecule is C=C/C=C(\C=C)c1cccc2c1-c1ccccc1C21c2c(-c3ccc(-c4ccccc4N(c4ccc(-c5ccccc5)cc4)c4ccc5c(c4)C(C)(C)c4ccccc4-5)cc3)cccc2C2C=CC=CC21. The molecule has 4 aliphatic carbocycles. The molecular formula is C70H53N. The molecule has 0 bridgehead atoms. The fourth-order valence-corrected chi connectivity index (χ4v) is 13.1. The summed E-state index contributed by atoms with van der Waals surface area (Å²) < 4.78 is 0. The number of anilines is 3. The minimum Gasteiger partial charge on any atom is -0.310 e. The number of benzene rings is 9. The van der Waals surface area contributed by atoms with Crippen molar-refractivity contribution >= 4 is 22.6 Å². The van der Waals surface area contributed by atoms with Gasteiger partial charge in [0.25, 0.3) is 0 Å². The van der Waals surface area contributed by atoms with Crippen molar-refractivity contribution in [3.8, 4) is 55.6 Å². The molecule has 0 saturated heterocycles. The van der Waals surface area contributed by atoms with E-state index in [0.29, 0.717) is 0 Å². The van der Waals surface area contributed by atoms with E-state index in [1.165, 1.54) is 89.0 Å². The van der Waals surface area contributed by atoms with E-state index in [9.17, 15) is 0 Å². The average Bonchev–Trinajstić information content (AvgIpc) is 3.99. The minimum absolute atomic E-state index is 0.136. The third kappa shape index (κ3) is 6.32. The molecule has 0 N–H and O–H groups in total. The molecule has 3 unspecified atom stereocenters. The number of fused-ring (bicyclic) bond motifs is 13. The van der Waals surface area contributed by atoms with E-state index in [4.69, 9.17) is 0 Å². The van der Waals surface area contributed by atoms with Gasteiger partial charge >= 0.3 is 0 Å². The van der Waals surface area contributed by atoms with Crippen LogP contribution in [0.2, 0.25) is 0 Å². The number of hydrogen-bond acceptors (Lipinski definition) is 1. The van der Waals surface area contributed by atoms with Crippen molar-refractivity contribution in [2.45, 2.75) is 30.6 Å². The molecule has 0 aliphatic heterocycles. The van der Waals surface area contributed by atoms with Gasteiger partial charge in [-0.25, -0.2) is 0 Å². The summed E-state index contributed by atoms with van der Waals surface area (Å²) in [5.41, 5.74) is 25.8. The number of allylic oxidation sites excluding steroid dienone is 8. The second kappa shape index (κ2) is 16.6. The first-order valence-electron chi connectivity index (χ1n) is 25.0. The lowest BCUT2D eigenvalue weighted by Crippen LogP contribution is -2.33. The second-order valence-corrected chi connectivity index (χ2v) is 20.0. The largest absolute Gasteiger partial charge is 0.310 e. The zero-order chi connectivity index (χ0) is 47.8. The van der Waals surface area contributed by atoms with E-state index < -0.39 is 5.41 Å². The highest BCUT2D eigenvalue weighted by atomic mass is 15.1. The molecule has 0 amide bonds. The molecule has 0 saturated carbocycles. The van der Waals surface area contributed by atoms with Gasteiger partial charge in [-0.1, -0.05) is 245 Å². The molecular weight excluding hydrogens is 855 g/mol. The molecule has 0 heterocycles. The van der Waals surface area contributed by atoms with Crippen LogP contribution in [0.5, 0.6) is 0 Å². The second-order valence-electron chi connectivity index (χ2n) is 20.0. The molecule has 0 aromatic heterocycles. The Morgan fingerprint density at radius 1 is 0.479 bits per heavy atom. The van der Waals surface area contributed by atoms with Crippen molar-refractivity contribution in [1.29, 1.82) is 0 Å². The third-order valence-electron chi connectivity index (χ3n) is 16.1. The minimum atomic E-state index is -0.409. The van der Waals surface area contributed by atoms with Gasteiger partial charge in [-0.15, -0.1) is 0 Å². The first-order chi connectivity index (χ1) is 34.9. The molecule has 1 nitrogen and oxygen atoms in total. The fraction of sp³-hybridized carbons (Fsp3) is 0.0857. The van der Waals surface area contributed by atoms with Crippen LogP contribution in [0.3, 0.4) is 0 Å². The fourth-order valence-electron chi connectivity index (χ4n) is 13.1. The van der Waals surface area contributed by atoms with Crippen LogP contribution in [0.15, 0.2) is 262 Å². The smallest absolute Gasteiger partial charge is 0.0544 e. The van der Waals surface area contributed by atoms with E-state index >= 15 is 0 Å². The Labute approximate surface area is 418 Å². The Hall–Kier alpha value is -8.52. The van der Waals surface area contributed by atoms with Gasteiger partial charge in [0.05, 0.1) is 11.1 Å². The standard InChI is InChI=1S/C70H53N/c1-5-20-46(6-2)54-27-19-33-64-67(54)60-26-12-16-32-63(60)70(64)62-31-15-11-25-57(62)59-29-18-28-55(68(59)70)50-37-35-49(36-38-50)53-23-13-17-34-66(53)71(51-41-39-48(40-42-51)47-21-8-7-9-22-47)52-43-44-58-56-24-10-14-30-61(56)69(3,4)65(58)45-52/h5-45,57,62H,1-2H2,3-4H3/b46-20+. The lowest BCUT2D eigenvalue weighted by Gasteiger charge is -2.37. The molecule has 0 fully saturated rings. The van der Waals surface area contributed by atoms with E-state index in [2.05, 4.69) is 269 Å². The monoisotopic (exact) mass is 907 g/mol. The van der Waals surface area contributed by atoms with Crippen LogP contribution in [-0.2, 0) is 10.8 Å². The van der Waals surface area contributed by atoms with Crippen molar-refractivity contribution in [2.75, 3.05) is 4.90 Å². The molecule has 1 heteroatoms. The summed E-state index contributed by atoms with van der Waals surface area (Å²) in [4.78, 5) is 2.46. The first-order valence-corrected chi connectivity index (χ1v) is 25.0. The summed E-state index contributed by atoms with van der Waals surface area (Å²) in [5, 5.41) is 0. The Morgan fingerprint density at radius 2 is 1.07 bits per heavy atom. The van der Waals surface area contributed by atoms with Gasteiger partial charge in [0.1, 0.15) is 0 Å². The average molecular weight is 908 g/mol. The topological polar surface area (TPSA) is 3.24 Å². The molecule has 3 atom stereocenters. The lowest BCUT2D eigenvalue weighted by molar-refractivity contribution is 0.466. The number of para-hydroxylation sites is 1. The van der Waals surface area contributed by atoms with E-state index in [-0.39, 0.29) is 17.3 Å². The molecule has 1 spiro atoms. The predicted octanol–water partition coefficient (Wildman–Crippen LogP) is 18.4. The van der Waals surface area contributed by atoms with E-state index in [1.54, 1.807) is 0 Å². The maximum Gasteiger partial charge on any atom is 0.0544 e. The van der Waals surface area contributed by atoms with Crippen molar-refractivity contribution in [3.63, 3.8) is 0 Å². The normalized spacial score (nSPS) is 18.3. The predicted molar refractivity (Wildman–Crippen MR) is 300 cm³/mol. The highest BCUT2D eigenvalue weighted by molar-refractivity contribution is 5.97. The molecule has 9 aromatic rings. The quantitative estimate of drug-likeness (QED) is 0.130. The molecule has 4 aliphatic rings. The van der Waals surface area contributed by atoms with Gasteiger partial charge in [0.15, 0.2) is 0 Å². The zero-order valence-electron chi connectivity index (χ0n) is 40.2. The van der Waals surface area contributed by atoms with Gasteiger partial charge in [-0.2, -0.15) is 0 Å². The Balaban J connectivity index is 0.959. The van der Waals surface area contributed by atoms with Crippen molar-refractivity contribution in [1.82, 2.24) is 0 Å². The summed E-state index contributed by atoms with van der Waals surface area (Å²) in [7, 11) is 0. The van der Waals surface area contributed by atoms with Crippen molar-refractivity contribution in [3.05, 3.63) is 301 Å². The first kappa shape index (κ1) is 42.6. The van der Waals surface area contributed by atoms with Gasteiger partial charge in [0, 0.05) is 34.2 Å². The molecule has 0 radical (unpaired) electrons. The van der Waals surface area contributed by atoms with Crippen LogP contribution in [0.4, 0.5) is 17.1 Å².